The molecular weight excluding hydrogens is 192 g/mol. The highest BCUT2D eigenvalue weighted by Gasteiger charge is 2.25. The van der Waals surface area contributed by atoms with Crippen molar-refractivity contribution in [1.82, 2.24) is 10.2 Å². The lowest BCUT2D eigenvalue weighted by Gasteiger charge is -2.25. The average molecular weight is 208 g/mol. The molecule has 1 aliphatic heterocycles. The molecule has 2 amide bonds. The molecule has 2 atom stereocenters. The van der Waals surface area contributed by atoms with Crippen LogP contribution >= 0.6 is 0 Å². The number of nitrogens with one attached hydrogen (secondary N) is 1. The van der Waals surface area contributed by atoms with Crippen LogP contribution in [-0.4, -0.2) is 37.2 Å². The number of hydrogen-bond acceptors (Lipinski definition) is 2. The molecule has 82 valence electrons. The van der Waals surface area contributed by atoms with E-state index in [9.17, 15) is 4.79 Å². The van der Waals surface area contributed by atoms with E-state index in [0.29, 0.717) is 5.92 Å². The summed E-state index contributed by atoms with van der Waals surface area (Å²) in [5, 5.41) is 2.78. The lowest BCUT2D eigenvalue weighted by molar-refractivity contribution is 0.109. The van der Waals surface area contributed by atoms with E-state index in [1.54, 1.807) is 12.0 Å². The summed E-state index contributed by atoms with van der Waals surface area (Å²) in [5.41, 5.74) is 0.940. The Bertz CT molecular complexity index is 323. The van der Waals surface area contributed by atoms with Crippen LogP contribution in [0.4, 0.5) is 4.79 Å². The third-order valence-corrected chi connectivity index (χ3v) is 2.86. The molecule has 1 N–H and O–H groups in total. The van der Waals surface area contributed by atoms with Gasteiger partial charge in [-0.1, -0.05) is 13.0 Å². The Labute approximate surface area is 89.6 Å². The fraction of sp³-hybridized carbons (Fsp3) is 0.545. The molecule has 4 nitrogen and oxygen atoms in total. The van der Waals surface area contributed by atoms with Crippen LogP contribution < -0.4 is 5.32 Å². The van der Waals surface area contributed by atoms with E-state index < -0.39 is 0 Å². The second-order valence-corrected chi connectivity index (χ2v) is 3.89. The lowest BCUT2D eigenvalue weighted by atomic mass is 9.98. The van der Waals surface area contributed by atoms with E-state index in [-0.39, 0.29) is 12.1 Å². The first-order valence-electron chi connectivity index (χ1n) is 5.20. The molecule has 0 aromatic carbocycles. The van der Waals surface area contributed by atoms with E-state index in [2.05, 4.69) is 18.3 Å². The van der Waals surface area contributed by atoms with E-state index in [4.69, 9.17) is 4.74 Å². The Morgan fingerprint density at radius 2 is 2.40 bits per heavy atom. The Morgan fingerprint density at radius 3 is 3.00 bits per heavy atom. The van der Waals surface area contributed by atoms with Gasteiger partial charge in [0.1, 0.15) is 0 Å². The number of ether oxygens (including phenoxy) is 1. The third-order valence-electron chi connectivity index (χ3n) is 2.86. The summed E-state index contributed by atoms with van der Waals surface area (Å²) in [6.45, 7) is 3.55. The molecule has 2 rings (SSSR count). The topological polar surface area (TPSA) is 41.6 Å². The van der Waals surface area contributed by atoms with E-state index in [1.807, 2.05) is 12.2 Å². The first-order chi connectivity index (χ1) is 7.22. The fourth-order valence-electron chi connectivity index (χ4n) is 1.92. The summed E-state index contributed by atoms with van der Waals surface area (Å²) in [6.07, 6.45) is 6.15. The molecular formula is C11H16N2O2. The highest BCUT2D eigenvalue weighted by molar-refractivity contribution is 5.78. The van der Waals surface area contributed by atoms with Crippen molar-refractivity contribution in [2.75, 3.05) is 20.2 Å². The Balaban J connectivity index is 2.16. The fourth-order valence-corrected chi connectivity index (χ4v) is 1.92. The number of carbonyl (C=O) groups excluding carboxylic acids is 1. The van der Waals surface area contributed by atoms with Crippen molar-refractivity contribution in [2.45, 2.75) is 13.0 Å². The van der Waals surface area contributed by atoms with E-state index in [1.165, 1.54) is 0 Å². The molecule has 0 bridgehead atoms. The normalized spacial score (nSPS) is 30.4. The second kappa shape index (κ2) is 4.06. The predicted molar refractivity (Wildman–Crippen MR) is 57.3 cm³/mol. The molecule has 2 unspecified atom stereocenters. The van der Waals surface area contributed by atoms with Crippen molar-refractivity contribution >= 4 is 6.03 Å². The van der Waals surface area contributed by atoms with Crippen LogP contribution in [0.25, 0.3) is 0 Å². The molecule has 1 saturated heterocycles. The van der Waals surface area contributed by atoms with Gasteiger partial charge in [0.2, 0.25) is 0 Å². The molecule has 0 aromatic rings. The summed E-state index contributed by atoms with van der Waals surface area (Å²) >= 11 is 0. The number of carbonyl (C=O) groups is 1. The van der Waals surface area contributed by atoms with Gasteiger partial charge < -0.3 is 10.1 Å². The Morgan fingerprint density at radius 1 is 1.60 bits per heavy atom. The highest BCUT2D eigenvalue weighted by atomic mass is 16.5. The van der Waals surface area contributed by atoms with Crippen LogP contribution in [0.1, 0.15) is 6.92 Å². The van der Waals surface area contributed by atoms with Crippen molar-refractivity contribution < 1.29 is 9.53 Å². The van der Waals surface area contributed by atoms with Gasteiger partial charge in [-0.2, -0.15) is 0 Å². The summed E-state index contributed by atoms with van der Waals surface area (Å²) in [6, 6.07) is -0.0182. The van der Waals surface area contributed by atoms with Crippen molar-refractivity contribution in [2.24, 2.45) is 5.92 Å². The first-order valence-corrected chi connectivity index (χ1v) is 5.20. The maximum absolute atomic E-state index is 11.4. The van der Waals surface area contributed by atoms with Crippen LogP contribution in [0.3, 0.4) is 0 Å². The lowest BCUT2D eigenvalue weighted by Crippen LogP contribution is -2.30. The van der Waals surface area contributed by atoms with Crippen LogP contribution in [0.2, 0.25) is 0 Å². The van der Waals surface area contributed by atoms with Gasteiger partial charge in [-0.3, -0.25) is 4.90 Å². The zero-order valence-electron chi connectivity index (χ0n) is 9.06. The van der Waals surface area contributed by atoms with Crippen LogP contribution in [0.15, 0.2) is 23.9 Å². The van der Waals surface area contributed by atoms with Gasteiger partial charge in [0, 0.05) is 31.8 Å². The van der Waals surface area contributed by atoms with Crippen LogP contribution in [-0.2, 0) is 4.74 Å². The minimum absolute atomic E-state index is 0.0182. The second-order valence-electron chi connectivity index (χ2n) is 3.89. The number of amides is 2. The summed E-state index contributed by atoms with van der Waals surface area (Å²) in [5.74, 6) is 0.365. The molecule has 2 aliphatic rings. The van der Waals surface area contributed by atoms with Gasteiger partial charge in [-0.05, 0) is 12.2 Å². The summed E-state index contributed by atoms with van der Waals surface area (Å²) < 4.78 is 5.34. The molecule has 15 heavy (non-hydrogen) atoms. The quantitative estimate of drug-likeness (QED) is 0.738. The summed E-state index contributed by atoms with van der Waals surface area (Å²) in [4.78, 5) is 13.2. The van der Waals surface area contributed by atoms with Gasteiger partial charge in [0.05, 0.1) is 6.10 Å². The van der Waals surface area contributed by atoms with Crippen LogP contribution in [0, 0.1) is 5.92 Å². The average Bonchev–Trinajstić information content (AvgIpc) is 2.65. The van der Waals surface area contributed by atoms with Gasteiger partial charge >= 0.3 is 6.03 Å². The molecule has 1 fully saturated rings. The van der Waals surface area contributed by atoms with Gasteiger partial charge in [0.25, 0.3) is 0 Å². The van der Waals surface area contributed by atoms with Gasteiger partial charge in [-0.25, -0.2) is 4.79 Å². The van der Waals surface area contributed by atoms with Crippen LogP contribution in [0.5, 0.6) is 0 Å². The minimum atomic E-state index is -0.0182. The van der Waals surface area contributed by atoms with Crippen molar-refractivity contribution in [3.8, 4) is 0 Å². The van der Waals surface area contributed by atoms with Crippen molar-refractivity contribution in [1.29, 1.82) is 0 Å². The molecule has 4 heteroatoms. The number of allylic oxidation sites excluding steroid dienone is 1. The maximum atomic E-state index is 11.4. The number of rotatable bonds is 2. The van der Waals surface area contributed by atoms with Crippen molar-refractivity contribution in [3.05, 3.63) is 23.9 Å². The maximum Gasteiger partial charge on any atom is 0.321 e. The zero-order chi connectivity index (χ0) is 10.8. The first kappa shape index (κ1) is 10.2. The Hall–Kier alpha value is -1.29. The molecule has 1 heterocycles. The largest absolute Gasteiger partial charge is 0.377 e. The summed E-state index contributed by atoms with van der Waals surface area (Å²) in [7, 11) is 1.69. The monoisotopic (exact) mass is 208 g/mol. The SMILES string of the molecule is COC1C=C(N2CCNC2=O)C=CC1C. The molecule has 0 radical (unpaired) electrons. The number of urea groups is 1. The minimum Gasteiger partial charge on any atom is -0.377 e. The van der Waals surface area contributed by atoms with Crippen molar-refractivity contribution in [3.63, 3.8) is 0 Å². The molecule has 0 spiro atoms. The van der Waals surface area contributed by atoms with Gasteiger partial charge in [-0.15, -0.1) is 0 Å². The molecule has 0 saturated carbocycles. The number of hydrogen-bond donors (Lipinski definition) is 1. The smallest absolute Gasteiger partial charge is 0.321 e. The highest BCUT2D eigenvalue weighted by Crippen LogP contribution is 2.22. The Kier molecular flexibility index (Phi) is 2.77. The third kappa shape index (κ3) is 1.90. The van der Waals surface area contributed by atoms with Gasteiger partial charge in [0.15, 0.2) is 0 Å². The van der Waals surface area contributed by atoms with E-state index >= 15 is 0 Å². The zero-order valence-corrected chi connectivity index (χ0v) is 9.06. The molecule has 1 aliphatic carbocycles. The number of nitrogens with zero attached hydrogens (tertiary/aromatic N) is 1. The van der Waals surface area contributed by atoms with E-state index in [0.717, 1.165) is 18.8 Å². The standard InChI is InChI=1S/C11H16N2O2/c1-8-3-4-9(7-10(8)15-2)13-6-5-12-11(13)14/h3-4,7-8,10H,5-6H2,1-2H3,(H,12,14). The predicted octanol–water partition coefficient (Wildman–Crippen LogP) is 1.12. The number of methoxy groups -OCH3 is 1. The molecule has 0 aromatic heterocycles.